The molecule has 1 aromatic heterocycles. The first-order valence-corrected chi connectivity index (χ1v) is 7.69. The van der Waals surface area contributed by atoms with Crippen molar-refractivity contribution in [2.45, 2.75) is 32.9 Å². The average molecular weight is 285 g/mol. The predicted molar refractivity (Wildman–Crippen MR) is 85.3 cm³/mol. The SMILES string of the molecule is CCn1nc(CN2CCCC(C(=N)N)C2)c2ccccc21. The Bertz CT molecular complexity index is 645. The van der Waals surface area contributed by atoms with Crippen LogP contribution in [0.2, 0.25) is 0 Å². The molecule has 3 rings (SSSR count). The van der Waals surface area contributed by atoms with Crippen LogP contribution in [0.1, 0.15) is 25.5 Å². The van der Waals surface area contributed by atoms with Gasteiger partial charge in [0.05, 0.1) is 17.0 Å². The number of nitrogens with two attached hydrogens (primary N) is 1. The van der Waals surface area contributed by atoms with E-state index in [4.69, 9.17) is 16.2 Å². The second-order valence-electron chi connectivity index (χ2n) is 5.81. The van der Waals surface area contributed by atoms with Crippen LogP contribution < -0.4 is 5.73 Å². The monoisotopic (exact) mass is 285 g/mol. The zero-order valence-electron chi connectivity index (χ0n) is 12.5. The van der Waals surface area contributed by atoms with Crippen molar-refractivity contribution < 1.29 is 0 Å². The van der Waals surface area contributed by atoms with Crippen LogP contribution in [-0.4, -0.2) is 33.6 Å². The van der Waals surface area contributed by atoms with Crippen molar-refractivity contribution >= 4 is 16.7 Å². The van der Waals surface area contributed by atoms with E-state index >= 15 is 0 Å². The number of aromatic nitrogens is 2. The van der Waals surface area contributed by atoms with Crippen LogP contribution in [0.3, 0.4) is 0 Å². The summed E-state index contributed by atoms with van der Waals surface area (Å²) in [7, 11) is 0. The third-order valence-electron chi connectivity index (χ3n) is 4.35. The first-order chi connectivity index (χ1) is 10.2. The molecule has 1 fully saturated rings. The average Bonchev–Trinajstić information content (AvgIpc) is 2.86. The third kappa shape index (κ3) is 2.78. The highest BCUT2D eigenvalue weighted by molar-refractivity contribution is 5.82. The number of aryl methyl sites for hydroxylation is 1. The van der Waals surface area contributed by atoms with Crippen LogP contribution in [0.5, 0.6) is 0 Å². The molecule has 0 radical (unpaired) electrons. The molecular formula is C16H23N5. The van der Waals surface area contributed by atoms with Gasteiger partial charge in [-0.15, -0.1) is 0 Å². The molecule has 0 saturated carbocycles. The Morgan fingerprint density at radius 1 is 1.43 bits per heavy atom. The van der Waals surface area contributed by atoms with Crippen molar-refractivity contribution in [1.29, 1.82) is 5.41 Å². The molecule has 21 heavy (non-hydrogen) atoms. The van der Waals surface area contributed by atoms with E-state index in [1.807, 2.05) is 0 Å². The zero-order valence-corrected chi connectivity index (χ0v) is 12.5. The van der Waals surface area contributed by atoms with Gasteiger partial charge in [-0.3, -0.25) is 15.0 Å². The van der Waals surface area contributed by atoms with E-state index in [1.54, 1.807) is 0 Å². The lowest BCUT2D eigenvalue weighted by Gasteiger charge is -2.31. The zero-order chi connectivity index (χ0) is 14.8. The van der Waals surface area contributed by atoms with Crippen molar-refractivity contribution in [3.05, 3.63) is 30.0 Å². The van der Waals surface area contributed by atoms with Gasteiger partial charge < -0.3 is 5.73 Å². The summed E-state index contributed by atoms with van der Waals surface area (Å²) in [4.78, 5) is 2.38. The van der Waals surface area contributed by atoms with Gasteiger partial charge in [0.1, 0.15) is 0 Å². The Hall–Kier alpha value is -1.88. The lowest BCUT2D eigenvalue weighted by molar-refractivity contribution is 0.194. The van der Waals surface area contributed by atoms with E-state index < -0.39 is 0 Å². The smallest absolute Gasteiger partial charge is 0.0949 e. The molecule has 3 N–H and O–H groups in total. The summed E-state index contributed by atoms with van der Waals surface area (Å²) in [6.07, 6.45) is 2.15. The molecule has 0 amide bonds. The number of piperidine rings is 1. The topological polar surface area (TPSA) is 70.9 Å². The molecule has 1 unspecified atom stereocenters. The molecule has 1 aliphatic heterocycles. The van der Waals surface area contributed by atoms with Crippen LogP contribution in [0.4, 0.5) is 0 Å². The number of benzene rings is 1. The Morgan fingerprint density at radius 3 is 3.00 bits per heavy atom. The van der Waals surface area contributed by atoms with Crippen LogP contribution in [0, 0.1) is 11.3 Å². The summed E-state index contributed by atoms with van der Waals surface area (Å²) < 4.78 is 2.07. The van der Waals surface area contributed by atoms with Crippen LogP contribution >= 0.6 is 0 Å². The number of rotatable bonds is 4. The number of hydrogen-bond donors (Lipinski definition) is 2. The number of nitrogens with zero attached hydrogens (tertiary/aromatic N) is 3. The summed E-state index contributed by atoms with van der Waals surface area (Å²) in [5.41, 5.74) is 8.02. The van der Waals surface area contributed by atoms with Gasteiger partial charge in [-0.05, 0) is 32.4 Å². The number of hydrogen-bond acceptors (Lipinski definition) is 3. The highest BCUT2D eigenvalue weighted by atomic mass is 15.3. The Balaban J connectivity index is 1.83. The first kappa shape index (κ1) is 14.1. The minimum absolute atomic E-state index is 0.207. The molecule has 2 heterocycles. The van der Waals surface area contributed by atoms with E-state index in [0.717, 1.165) is 44.7 Å². The first-order valence-electron chi connectivity index (χ1n) is 7.69. The number of amidine groups is 1. The minimum Gasteiger partial charge on any atom is -0.387 e. The Labute approximate surface area is 125 Å². The van der Waals surface area contributed by atoms with Crippen LogP contribution in [0.25, 0.3) is 10.9 Å². The molecule has 0 aliphatic carbocycles. The summed E-state index contributed by atoms with van der Waals surface area (Å²) >= 11 is 0. The minimum atomic E-state index is 0.207. The van der Waals surface area contributed by atoms with Gasteiger partial charge in [0.25, 0.3) is 0 Å². The molecule has 5 heteroatoms. The highest BCUT2D eigenvalue weighted by Crippen LogP contribution is 2.23. The summed E-state index contributed by atoms with van der Waals surface area (Å²) in [6, 6.07) is 8.41. The van der Waals surface area contributed by atoms with Gasteiger partial charge in [0, 0.05) is 30.9 Å². The normalized spacial score (nSPS) is 20.0. The Kier molecular flexibility index (Phi) is 3.92. The van der Waals surface area contributed by atoms with Gasteiger partial charge in [-0.1, -0.05) is 18.2 Å². The number of likely N-dealkylation sites (tertiary alicyclic amines) is 1. The van der Waals surface area contributed by atoms with Crippen molar-refractivity contribution in [1.82, 2.24) is 14.7 Å². The lowest BCUT2D eigenvalue weighted by atomic mass is 9.97. The van der Waals surface area contributed by atoms with E-state index in [1.165, 1.54) is 10.9 Å². The molecule has 5 nitrogen and oxygen atoms in total. The Morgan fingerprint density at radius 2 is 2.24 bits per heavy atom. The molecule has 2 aromatic rings. The van der Waals surface area contributed by atoms with E-state index in [0.29, 0.717) is 5.84 Å². The maximum atomic E-state index is 7.65. The second kappa shape index (κ2) is 5.85. The van der Waals surface area contributed by atoms with Gasteiger partial charge in [0.2, 0.25) is 0 Å². The highest BCUT2D eigenvalue weighted by Gasteiger charge is 2.23. The summed E-state index contributed by atoms with van der Waals surface area (Å²) in [5, 5.41) is 13.7. The maximum absolute atomic E-state index is 7.65. The van der Waals surface area contributed by atoms with Gasteiger partial charge in [0.15, 0.2) is 0 Å². The van der Waals surface area contributed by atoms with Crippen molar-refractivity contribution in [2.24, 2.45) is 11.7 Å². The number of para-hydroxylation sites is 1. The molecule has 112 valence electrons. The molecule has 1 aromatic carbocycles. The number of fused-ring (bicyclic) bond motifs is 1. The lowest BCUT2D eigenvalue weighted by Crippen LogP contribution is -2.40. The van der Waals surface area contributed by atoms with Crippen LogP contribution in [0.15, 0.2) is 24.3 Å². The van der Waals surface area contributed by atoms with E-state index in [9.17, 15) is 0 Å². The van der Waals surface area contributed by atoms with Gasteiger partial charge >= 0.3 is 0 Å². The van der Waals surface area contributed by atoms with E-state index in [2.05, 4.69) is 40.8 Å². The second-order valence-corrected chi connectivity index (χ2v) is 5.81. The molecule has 1 atom stereocenters. The summed E-state index contributed by atoms with van der Waals surface area (Å²) in [6.45, 7) is 5.80. The van der Waals surface area contributed by atoms with Gasteiger partial charge in [-0.25, -0.2) is 0 Å². The van der Waals surface area contributed by atoms with Crippen LogP contribution in [-0.2, 0) is 13.1 Å². The van der Waals surface area contributed by atoms with Crippen molar-refractivity contribution in [3.8, 4) is 0 Å². The fraction of sp³-hybridized carbons (Fsp3) is 0.500. The fourth-order valence-electron chi connectivity index (χ4n) is 3.22. The quantitative estimate of drug-likeness (QED) is 0.668. The molecular weight excluding hydrogens is 262 g/mol. The molecule has 0 spiro atoms. The molecule has 1 aliphatic rings. The van der Waals surface area contributed by atoms with E-state index in [-0.39, 0.29) is 5.92 Å². The largest absolute Gasteiger partial charge is 0.387 e. The summed E-state index contributed by atoms with van der Waals surface area (Å²) in [5.74, 6) is 0.530. The molecule has 1 saturated heterocycles. The standard InChI is InChI=1S/C16H23N5/c1-2-21-15-8-4-3-7-13(15)14(19-21)11-20-9-5-6-12(10-20)16(17)18/h3-4,7-8,12H,2,5-6,9-11H2,1H3,(H3,17,18). The molecule has 0 bridgehead atoms. The van der Waals surface area contributed by atoms with Crippen molar-refractivity contribution in [3.63, 3.8) is 0 Å². The maximum Gasteiger partial charge on any atom is 0.0949 e. The van der Waals surface area contributed by atoms with Crippen molar-refractivity contribution in [2.75, 3.05) is 13.1 Å². The fourth-order valence-corrected chi connectivity index (χ4v) is 3.22. The predicted octanol–water partition coefficient (Wildman–Crippen LogP) is 2.20. The number of nitrogens with one attached hydrogen (secondary N) is 1. The van der Waals surface area contributed by atoms with Gasteiger partial charge in [-0.2, -0.15) is 5.10 Å². The third-order valence-corrected chi connectivity index (χ3v) is 4.35.